The van der Waals surface area contributed by atoms with E-state index in [1.54, 1.807) is 0 Å². The largest absolute Gasteiger partial charge is 0.361 e. The first-order valence-electron chi connectivity index (χ1n) is 6.30. The van der Waals surface area contributed by atoms with Crippen LogP contribution in [0.5, 0.6) is 0 Å². The zero-order chi connectivity index (χ0) is 12.8. The van der Waals surface area contributed by atoms with Crippen LogP contribution in [0.3, 0.4) is 0 Å². The number of aromatic nitrogens is 1. The molecule has 0 bridgehead atoms. The molecule has 1 aliphatic rings. The highest BCUT2D eigenvalue weighted by atomic mass is 16.2. The molecule has 0 radical (unpaired) electrons. The second-order valence-corrected chi connectivity index (χ2v) is 4.80. The third-order valence-corrected chi connectivity index (χ3v) is 3.72. The van der Waals surface area contributed by atoms with Gasteiger partial charge in [0.25, 0.3) is 0 Å². The van der Waals surface area contributed by atoms with Crippen LogP contribution in [0.1, 0.15) is 17.0 Å². The van der Waals surface area contributed by atoms with Gasteiger partial charge in [0.05, 0.1) is 5.92 Å². The molecule has 3 nitrogen and oxygen atoms in total. The van der Waals surface area contributed by atoms with Gasteiger partial charge in [-0.2, -0.15) is 0 Å². The van der Waals surface area contributed by atoms with Crippen molar-refractivity contribution >= 4 is 22.5 Å². The van der Waals surface area contributed by atoms with E-state index in [1.807, 2.05) is 54.7 Å². The monoisotopic (exact) mass is 248 g/mol. The molecular formula is C16H12N2O. The minimum atomic E-state index is -0.224. The summed E-state index contributed by atoms with van der Waals surface area (Å²) in [5.41, 5.74) is 4.04. The normalized spacial score (nSPS) is 17.5. The van der Waals surface area contributed by atoms with Crippen molar-refractivity contribution in [3.8, 4) is 0 Å². The highest BCUT2D eigenvalue weighted by molar-refractivity contribution is 6.07. The Balaban J connectivity index is 1.98. The molecule has 19 heavy (non-hydrogen) atoms. The summed E-state index contributed by atoms with van der Waals surface area (Å²) in [6, 6.07) is 16.0. The molecule has 3 aromatic rings. The first-order chi connectivity index (χ1) is 9.34. The van der Waals surface area contributed by atoms with Gasteiger partial charge in [0.2, 0.25) is 5.91 Å². The van der Waals surface area contributed by atoms with Crippen molar-refractivity contribution in [3.05, 3.63) is 65.9 Å². The van der Waals surface area contributed by atoms with Gasteiger partial charge in [-0.3, -0.25) is 4.79 Å². The molecule has 1 amide bonds. The number of H-pyrrole nitrogens is 1. The Morgan fingerprint density at radius 3 is 2.68 bits per heavy atom. The zero-order valence-corrected chi connectivity index (χ0v) is 10.2. The first-order valence-corrected chi connectivity index (χ1v) is 6.30. The van der Waals surface area contributed by atoms with Crippen LogP contribution in [0.2, 0.25) is 0 Å². The van der Waals surface area contributed by atoms with Crippen LogP contribution in [0.25, 0.3) is 10.9 Å². The Hall–Kier alpha value is -2.55. The van der Waals surface area contributed by atoms with Crippen molar-refractivity contribution in [1.82, 2.24) is 4.98 Å². The second-order valence-electron chi connectivity index (χ2n) is 4.80. The minimum absolute atomic E-state index is 0.0447. The average molecular weight is 248 g/mol. The van der Waals surface area contributed by atoms with Gasteiger partial charge in [-0.25, -0.2) is 0 Å². The van der Waals surface area contributed by atoms with E-state index in [1.165, 1.54) is 0 Å². The fourth-order valence-corrected chi connectivity index (χ4v) is 2.87. The van der Waals surface area contributed by atoms with Crippen molar-refractivity contribution < 1.29 is 4.79 Å². The Kier molecular flexibility index (Phi) is 2.03. The summed E-state index contributed by atoms with van der Waals surface area (Å²) in [5, 5.41) is 4.08. The number of hydrogen-bond donors (Lipinski definition) is 2. The molecule has 1 atom stereocenters. The average Bonchev–Trinajstić information content (AvgIpc) is 3.01. The third kappa shape index (κ3) is 1.41. The minimum Gasteiger partial charge on any atom is -0.361 e. The zero-order valence-electron chi connectivity index (χ0n) is 10.2. The lowest BCUT2D eigenvalue weighted by Gasteiger charge is -2.10. The molecule has 3 heteroatoms. The molecule has 0 saturated heterocycles. The van der Waals surface area contributed by atoms with E-state index in [0.29, 0.717) is 0 Å². The van der Waals surface area contributed by atoms with E-state index in [4.69, 9.17) is 0 Å². The highest BCUT2D eigenvalue weighted by Crippen LogP contribution is 2.39. The number of aromatic amines is 1. The van der Waals surface area contributed by atoms with Crippen LogP contribution < -0.4 is 5.32 Å². The molecule has 1 unspecified atom stereocenters. The third-order valence-electron chi connectivity index (χ3n) is 3.72. The fraction of sp³-hybridized carbons (Fsp3) is 0.0625. The standard InChI is InChI=1S/C16H12N2O/c19-16-14(11-5-1-2-7-13(11)18-16)12-6-3-4-10-8-9-17-15(10)12/h1-9,14,17H,(H,18,19). The molecule has 2 heterocycles. The lowest BCUT2D eigenvalue weighted by molar-refractivity contribution is -0.116. The maximum absolute atomic E-state index is 12.3. The molecule has 1 aliphatic heterocycles. The summed E-state index contributed by atoms with van der Waals surface area (Å²) in [6.07, 6.45) is 1.91. The van der Waals surface area contributed by atoms with Gasteiger partial charge in [-0.05, 0) is 28.6 Å². The molecule has 0 fully saturated rings. The molecule has 1 aromatic heterocycles. The predicted octanol–water partition coefficient (Wildman–Crippen LogP) is 3.25. The van der Waals surface area contributed by atoms with Crippen LogP contribution in [-0.2, 0) is 4.79 Å². The number of amides is 1. The number of anilines is 1. The predicted molar refractivity (Wildman–Crippen MR) is 75.2 cm³/mol. The first kappa shape index (κ1) is 10.4. The molecular weight excluding hydrogens is 236 g/mol. The molecule has 0 spiro atoms. The number of para-hydroxylation sites is 2. The highest BCUT2D eigenvalue weighted by Gasteiger charge is 2.32. The lowest BCUT2D eigenvalue weighted by atomic mass is 9.91. The van der Waals surface area contributed by atoms with Crippen LogP contribution in [0, 0.1) is 0 Å². The van der Waals surface area contributed by atoms with Crippen molar-refractivity contribution in [2.75, 3.05) is 5.32 Å². The summed E-state index contributed by atoms with van der Waals surface area (Å²) in [6.45, 7) is 0. The Labute approximate surface area is 110 Å². The number of hydrogen-bond acceptors (Lipinski definition) is 1. The van der Waals surface area contributed by atoms with Crippen molar-refractivity contribution in [2.45, 2.75) is 5.92 Å². The van der Waals surface area contributed by atoms with Gasteiger partial charge < -0.3 is 10.3 Å². The van der Waals surface area contributed by atoms with Crippen molar-refractivity contribution in [3.63, 3.8) is 0 Å². The van der Waals surface area contributed by atoms with Crippen LogP contribution >= 0.6 is 0 Å². The number of carbonyl (C=O) groups excluding carboxylic acids is 1. The summed E-state index contributed by atoms with van der Waals surface area (Å²) in [7, 11) is 0. The van der Waals surface area contributed by atoms with E-state index < -0.39 is 0 Å². The maximum Gasteiger partial charge on any atom is 0.236 e. The Morgan fingerprint density at radius 1 is 0.895 bits per heavy atom. The van der Waals surface area contributed by atoms with E-state index in [2.05, 4.69) is 10.3 Å². The molecule has 0 saturated carbocycles. The lowest BCUT2D eigenvalue weighted by Crippen LogP contribution is -2.13. The van der Waals surface area contributed by atoms with Crippen LogP contribution in [0.4, 0.5) is 5.69 Å². The topological polar surface area (TPSA) is 44.9 Å². The molecule has 2 aromatic carbocycles. The van der Waals surface area contributed by atoms with E-state index in [0.717, 1.165) is 27.7 Å². The molecule has 92 valence electrons. The van der Waals surface area contributed by atoms with Crippen molar-refractivity contribution in [1.29, 1.82) is 0 Å². The SMILES string of the molecule is O=C1Nc2ccccc2C1c1cccc2cc[nH]c12. The number of rotatable bonds is 1. The smallest absolute Gasteiger partial charge is 0.236 e. The molecule has 2 N–H and O–H groups in total. The number of benzene rings is 2. The number of fused-ring (bicyclic) bond motifs is 2. The van der Waals surface area contributed by atoms with Gasteiger partial charge in [0.1, 0.15) is 0 Å². The van der Waals surface area contributed by atoms with Gasteiger partial charge in [-0.15, -0.1) is 0 Å². The van der Waals surface area contributed by atoms with Gasteiger partial charge in [0, 0.05) is 17.4 Å². The summed E-state index contributed by atoms with van der Waals surface area (Å²) in [5.74, 6) is -0.179. The van der Waals surface area contributed by atoms with Crippen molar-refractivity contribution in [2.24, 2.45) is 0 Å². The van der Waals surface area contributed by atoms with Gasteiger partial charge >= 0.3 is 0 Å². The maximum atomic E-state index is 12.3. The Bertz CT molecular complexity index is 788. The number of nitrogens with one attached hydrogen (secondary N) is 2. The van der Waals surface area contributed by atoms with Crippen LogP contribution in [0.15, 0.2) is 54.7 Å². The summed E-state index contributed by atoms with van der Waals surface area (Å²) in [4.78, 5) is 15.5. The molecule has 0 aliphatic carbocycles. The quantitative estimate of drug-likeness (QED) is 0.682. The van der Waals surface area contributed by atoms with Gasteiger partial charge in [0.15, 0.2) is 0 Å². The number of carbonyl (C=O) groups is 1. The second kappa shape index (κ2) is 3.72. The van der Waals surface area contributed by atoms with Gasteiger partial charge in [-0.1, -0.05) is 36.4 Å². The summed E-state index contributed by atoms with van der Waals surface area (Å²) >= 11 is 0. The van der Waals surface area contributed by atoms with E-state index in [9.17, 15) is 4.79 Å². The van der Waals surface area contributed by atoms with Crippen LogP contribution in [-0.4, -0.2) is 10.9 Å². The Morgan fingerprint density at radius 2 is 1.74 bits per heavy atom. The molecule has 4 rings (SSSR count). The van der Waals surface area contributed by atoms with E-state index >= 15 is 0 Å². The fourth-order valence-electron chi connectivity index (χ4n) is 2.87. The summed E-state index contributed by atoms with van der Waals surface area (Å²) < 4.78 is 0. The van der Waals surface area contributed by atoms with E-state index in [-0.39, 0.29) is 11.8 Å².